The first kappa shape index (κ1) is 17.0. The van der Waals surface area contributed by atoms with Gasteiger partial charge in [0, 0.05) is 0 Å². The largest absolute Gasteiger partial charge is 0.461 e. The minimum atomic E-state index is -0.459. The summed E-state index contributed by atoms with van der Waals surface area (Å²) in [5, 5.41) is 0. The second-order valence-electron chi connectivity index (χ2n) is 7.06. The Labute approximate surface area is 122 Å². The maximum atomic E-state index is 12.0. The molecule has 4 nitrogen and oxygen atoms in total. The molecule has 1 aliphatic rings. The van der Waals surface area contributed by atoms with Gasteiger partial charge < -0.3 is 9.47 Å². The second kappa shape index (κ2) is 6.59. The van der Waals surface area contributed by atoms with Crippen LogP contribution in [-0.2, 0) is 19.1 Å². The fourth-order valence-corrected chi connectivity index (χ4v) is 3.04. The quantitative estimate of drug-likeness (QED) is 0.553. The van der Waals surface area contributed by atoms with Crippen molar-refractivity contribution in [2.24, 2.45) is 11.8 Å². The van der Waals surface area contributed by atoms with Crippen LogP contribution in [-0.4, -0.2) is 23.6 Å². The molecular weight excluding hydrogens is 256 g/mol. The molecule has 0 aromatic heterocycles. The molecule has 1 aliphatic carbocycles. The molecule has 1 unspecified atom stereocenters. The van der Waals surface area contributed by atoms with Crippen molar-refractivity contribution in [2.45, 2.75) is 77.9 Å². The third kappa shape index (κ3) is 4.50. The van der Waals surface area contributed by atoms with E-state index >= 15 is 0 Å². The van der Waals surface area contributed by atoms with Crippen molar-refractivity contribution >= 4 is 12.4 Å². The summed E-state index contributed by atoms with van der Waals surface area (Å²) in [5.74, 6) is -0.196. The first-order valence-electron chi connectivity index (χ1n) is 7.54. The van der Waals surface area contributed by atoms with Crippen LogP contribution >= 0.6 is 0 Å². The molecule has 0 heterocycles. The zero-order valence-electron chi connectivity index (χ0n) is 13.4. The van der Waals surface area contributed by atoms with Gasteiger partial charge in [-0.05, 0) is 58.8 Å². The molecule has 0 saturated heterocycles. The van der Waals surface area contributed by atoms with Crippen LogP contribution < -0.4 is 0 Å². The summed E-state index contributed by atoms with van der Waals surface area (Å²) in [7, 11) is 0. The minimum absolute atomic E-state index is 0.165. The fourth-order valence-electron chi connectivity index (χ4n) is 3.04. The van der Waals surface area contributed by atoms with Gasteiger partial charge in [0.2, 0.25) is 0 Å². The Morgan fingerprint density at radius 3 is 2.25 bits per heavy atom. The molecule has 0 radical (unpaired) electrons. The summed E-state index contributed by atoms with van der Waals surface area (Å²) in [5.41, 5.74) is -0.836. The van der Waals surface area contributed by atoms with Crippen molar-refractivity contribution in [3.63, 3.8) is 0 Å². The van der Waals surface area contributed by atoms with E-state index in [0.717, 1.165) is 25.7 Å². The highest BCUT2D eigenvalue weighted by atomic mass is 16.6. The maximum Gasteiger partial charge on any atom is 0.309 e. The zero-order valence-corrected chi connectivity index (χ0v) is 13.4. The van der Waals surface area contributed by atoms with Crippen LogP contribution in [0.25, 0.3) is 0 Å². The SMILES string of the molecule is CC(C[C@@H](C)C(=O)OC(C)(C)C)C1(OC=O)CCCC1. The predicted molar refractivity (Wildman–Crippen MR) is 77.1 cm³/mol. The van der Waals surface area contributed by atoms with Gasteiger partial charge in [0.25, 0.3) is 6.47 Å². The average molecular weight is 284 g/mol. The molecule has 0 aromatic rings. The summed E-state index contributed by atoms with van der Waals surface area (Å²) in [6.45, 7) is 10.1. The molecular formula is C16H28O4. The van der Waals surface area contributed by atoms with Crippen LogP contribution in [0.3, 0.4) is 0 Å². The van der Waals surface area contributed by atoms with Gasteiger partial charge in [-0.3, -0.25) is 9.59 Å². The van der Waals surface area contributed by atoms with Gasteiger partial charge >= 0.3 is 5.97 Å². The van der Waals surface area contributed by atoms with Crippen LogP contribution in [0, 0.1) is 11.8 Å². The highest BCUT2D eigenvalue weighted by Gasteiger charge is 2.42. The molecule has 0 spiro atoms. The van der Waals surface area contributed by atoms with Gasteiger partial charge in [0.15, 0.2) is 0 Å². The van der Waals surface area contributed by atoms with E-state index < -0.39 is 5.60 Å². The smallest absolute Gasteiger partial charge is 0.309 e. The molecule has 0 bridgehead atoms. The highest BCUT2D eigenvalue weighted by Crippen LogP contribution is 2.41. The molecule has 116 valence electrons. The lowest BCUT2D eigenvalue weighted by Crippen LogP contribution is -2.38. The van der Waals surface area contributed by atoms with Crippen molar-refractivity contribution < 1.29 is 19.1 Å². The van der Waals surface area contributed by atoms with Crippen LogP contribution in [0.2, 0.25) is 0 Å². The number of hydrogen-bond donors (Lipinski definition) is 0. The number of carbonyl (C=O) groups is 2. The van der Waals surface area contributed by atoms with E-state index in [2.05, 4.69) is 6.92 Å². The van der Waals surface area contributed by atoms with E-state index in [-0.39, 0.29) is 23.4 Å². The molecule has 0 aromatic carbocycles. The van der Waals surface area contributed by atoms with Gasteiger partial charge in [-0.15, -0.1) is 0 Å². The zero-order chi connectivity index (χ0) is 15.4. The topological polar surface area (TPSA) is 52.6 Å². The van der Waals surface area contributed by atoms with Crippen LogP contribution in [0.15, 0.2) is 0 Å². The Hall–Kier alpha value is -1.06. The minimum Gasteiger partial charge on any atom is -0.461 e. The third-order valence-electron chi connectivity index (χ3n) is 4.15. The molecule has 20 heavy (non-hydrogen) atoms. The molecule has 1 saturated carbocycles. The van der Waals surface area contributed by atoms with E-state index in [4.69, 9.17) is 9.47 Å². The van der Waals surface area contributed by atoms with E-state index in [1.54, 1.807) is 0 Å². The molecule has 2 atom stereocenters. The standard InChI is InChI=1S/C16H28O4/c1-12(14(18)20-15(3,4)5)10-13(2)16(19-11-17)8-6-7-9-16/h11-13H,6-10H2,1-5H3/t12-,13?/m1/s1. The van der Waals surface area contributed by atoms with E-state index in [0.29, 0.717) is 12.9 Å². The Kier molecular flexibility index (Phi) is 5.60. The van der Waals surface area contributed by atoms with Gasteiger partial charge in [-0.25, -0.2) is 0 Å². The normalized spacial score (nSPS) is 21.1. The van der Waals surface area contributed by atoms with Crippen LogP contribution in [0.4, 0.5) is 0 Å². The first-order valence-corrected chi connectivity index (χ1v) is 7.54. The molecule has 4 heteroatoms. The lowest BCUT2D eigenvalue weighted by atomic mass is 9.81. The fraction of sp³-hybridized carbons (Fsp3) is 0.875. The van der Waals surface area contributed by atoms with Gasteiger partial charge in [0.05, 0.1) is 5.92 Å². The van der Waals surface area contributed by atoms with E-state index in [9.17, 15) is 9.59 Å². The molecule has 1 rings (SSSR count). The van der Waals surface area contributed by atoms with Crippen LogP contribution in [0.1, 0.15) is 66.7 Å². The van der Waals surface area contributed by atoms with Crippen molar-refractivity contribution in [1.82, 2.24) is 0 Å². The number of carbonyl (C=O) groups excluding carboxylic acids is 2. The molecule has 0 aliphatic heterocycles. The molecule has 0 N–H and O–H groups in total. The van der Waals surface area contributed by atoms with Crippen molar-refractivity contribution in [1.29, 1.82) is 0 Å². The molecule has 1 fully saturated rings. The Morgan fingerprint density at radius 1 is 1.25 bits per heavy atom. The summed E-state index contributed by atoms with van der Waals surface area (Å²) >= 11 is 0. The number of rotatable bonds is 6. The Morgan fingerprint density at radius 2 is 1.80 bits per heavy atom. The Bertz CT molecular complexity index is 337. The van der Waals surface area contributed by atoms with Crippen molar-refractivity contribution in [2.75, 3.05) is 0 Å². The lowest BCUT2D eigenvalue weighted by Gasteiger charge is -2.35. The third-order valence-corrected chi connectivity index (χ3v) is 4.15. The monoisotopic (exact) mass is 284 g/mol. The lowest BCUT2D eigenvalue weighted by molar-refractivity contribution is -0.161. The van der Waals surface area contributed by atoms with Crippen molar-refractivity contribution in [3.8, 4) is 0 Å². The van der Waals surface area contributed by atoms with E-state index in [1.807, 2.05) is 27.7 Å². The maximum absolute atomic E-state index is 12.0. The van der Waals surface area contributed by atoms with Gasteiger partial charge in [-0.2, -0.15) is 0 Å². The van der Waals surface area contributed by atoms with Gasteiger partial charge in [0.1, 0.15) is 11.2 Å². The highest BCUT2D eigenvalue weighted by molar-refractivity contribution is 5.72. The van der Waals surface area contributed by atoms with E-state index in [1.165, 1.54) is 0 Å². The first-order chi connectivity index (χ1) is 9.20. The number of hydrogen-bond acceptors (Lipinski definition) is 4. The van der Waals surface area contributed by atoms with Crippen molar-refractivity contribution in [3.05, 3.63) is 0 Å². The summed E-state index contributed by atoms with van der Waals surface area (Å²) < 4.78 is 10.8. The average Bonchev–Trinajstić information content (AvgIpc) is 2.77. The number of esters is 1. The second-order valence-corrected chi connectivity index (χ2v) is 7.06. The van der Waals surface area contributed by atoms with Crippen LogP contribution in [0.5, 0.6) is 0 Å². The Balaban J connectivity index is 2.61. The predicted octanol–water partition coefficient (Wildman–Crippen LogP) is 3.48. The summed E-state index contributed by atoms with van der Waals surface area (Å²) in [6.07, 6.45) is 4.64. The van der Waals surface area contributed by atoms with Gasteiger partial charge in [-0.1, -0.05) is 13.8 Å². The summed E-state index contributed by atoms with van der Waals surface area (Å²) in [6, 6.07) is 0. The molecule has 0 amide bonds. The summed E-state index contributed by atoms with van der Waals surface area (Å²) in [4.78, 5) is 22.8. The number of ether oxygens (including phenoxy) is 2.